The molecule has 17 heavy (non-hydrogen) atoms. The first kappa shape index (κ1) is 14.5. The predicted molar refractivity (Wildman–Crippen MR) is 68.7 cm³/mol. The summed E-state index contributed by atoms with van der Waals surface area (Å²) in [6.45, 7) is 7.67. The van der Waals surface area contributed by atoms with Gasteiger partial charge in [-0.2, -0.15) is 0 Å². The van der Waals surface area contributed by atoms with E-state index in [-0.39, 0.29) is 24.7 Å². The lowest BCUT2D eigenvalue weighted by molar-refractivity contribution is -0.141. The molecule has 2 N–H and O–H groups in total. The number of nitrogens with two attached hydrogens (primary N) is 1. The molecule has 2 atom stereocenters. The predicted octanol–water partition coefficient (Wildman–Crippen LogP) is 1.39. The molecule has 1 aliphatic heterocycles. The van der Waals surface area contributed by atoms with E-state index < -0.39 is 0 Å². The summed E-state index contributed by atoms with van der Waals surface area (Å²) < 4.78 is 5.37. The summed E-state index contributed by atoms with van der Waals surface area (Å²) in [5.74, 6) is 0.808. The van der Waals surface area contributed by atoms with Crippen molar-refractivity contribution in [2.45, 2.75) is 52.2 Å². The minimum Gasteiger partial charge on any atom is -0.369 e. The van der Waals surface area contributed by atoms with Gasteiger partial charge in [0.05, 0.1) is 6.10 Å². The van der Waals surface area contributed by atoms with Gasteiger partial charge >= 0.3 is 0 Å². The minimum absolute atomic E-state index is 0.0868. The first-order chi connectivity index (χ1) is 8.08. The Bertz CT molecular complexity index is 244. The first-order valence-electron chi connectivity index (χ1n) is 6.69. The van der Waals surface area contributed by atoms with E-state index in [0.29, 0.717) is 6.54 Å². The molecule has 1 fully saturated rings. The zero-order valence-electron chi connectivity index (χ0n) is 11.3. The van der Waals surface area contributed by atoms with Gasteiger partial charge in [-0.15, -0.1) is 0 Å². The molecule has 0 saturated carbocycles. The smallest absolute Gasteiger partial charge is 0.248 e. The molecule has 1 heterocycles. The molecule has 2 unspecified atom stereocenters. The summed E-state index contributed by atoms with van der Waals surface area (Å²) in [7, 11) is 0. The van der Waals surface area contributed by atoms with E-state index in [2.05, 4.69) is 6.92 Å². The quantitative estimate of drug-likeness (QED) is 0.792. The van der Waals surface area contributed by atoms with E-state index in [0.717, 1.165) is 25.3 Å². The molecular weight excluding hydrogens is 216 g/mol. The second-order valence-corrected chi connectivity index (χ2v) is 5.14. The van der Waals surface area contributed by atoms with Crippen LogP contribution in [0, 0.1) is 5.92 Å². The second-order valence-electron chi connectivity index (χ2n) is 5.14. The highest BCUT2D eigenvalue weighted by Gasteiger charge is 2.29. The number of piperidine rings is 1. The standard InChI is InChI=1S/C13H26N2O2/c1-4-11-5-6-15(12(7-11)8-14)13(16)9-17-10(2)3/h10-12H,4-9,14H2,1-3H3. The van der Waals surface area contributed by atoms with Crippen molar-refractivity contribution in [3.8, 4) is 0 Å². The van der Waals surface area contributed by atoms with E-state index in [1.807, 2.05) is 18.7 Å². The topological polar surface area (TPSA) is 55.6 Å². The van der Waals surface area contributed by atoms with Crippen LogP contribution < -0.4 is 5.73 Å². The summed E-state index contributed by atoms with van der Waals surface area (Å²) >= 11 is 0. The van der Waals surface area contributed by atoms with Gasteiger partial charge in [-0.05, 0) is 32.6 Å². The van der Waals surface area contributed by atoms with Crippen molar-refractivity contribution in [1.82, 2.24) is 4.90 Å². The van der Waals surface area contributed by atoms with Gasteiger partial charge in [0.25, 0.3) is 0 Å². The Morgan fingerprint density at radius 2 is 2.24 bits per heavy atom. The molecule has 1 saturated heterocycles. The average molecular weight is 242 g/mol. The highest BCUT2D eigenvalue weighted by Crippen LogP contribution is 2.24. The molecule has 4 heteroatoms. The van der Waals surface area contributed by atoms with Crippen LogP contribution in [0.5, 0.6) is 0 Å². The number of rotatable bonds is 5. The van der Waals surface area contributed by atoms with Gasteiger partial charge < -0.3 is 15.4 Å². The molecular formula is C13H26N2O2. The summed E-state index contributed by atoms with van der Waals surface area (Å²) in [5, 5.41) is 0. The normalized spacial score (nSPS) is 25.4. The lowest BCUT2D eigenvalue weighted by atomic mass is 9.89. The number of carbonyl (C=O) groups excluding carboxylic acids is 1. The molecule has 0 radical (unpaired) electrons. The molecule has 0 aromatic rings. The van der Waals surface area contributed by atoms with E-state index in [1.165, 1.54) is 6.42 Å². The van der Waals surface area contributed by atoms with Crippen LogP contribution >= 0.6 is 0 Å². The number of amides is 1. The monoisotopic (exact) mass is 242 g/mol. The molecule has 1 amide bonds. The lowest BCUT2D eigenvalue weighted by Gasteiger charge is -2.39. The van der Waals surface area contributed by atoms with Crippen molar-refractivity contribution in [3.05, 3.63) is 0 Å². The second kappa shape index (κ2) is 6.97. The SMILES string of the molecule is CCC1CCN(C(=O)COC(C)C)C(CN)C1. The van der Waals surface area contributed by atoms with Gasteiger partial charge in [0.15, 0.2) is 0 Å². The molecule has 0 aliphatic carbocycles. The Kier molecular flexibility index (Phi) is 5.92. The Morgan fingerprint density at radius 1 is 1.53 bits per heavy atom. The third-order valence-electron chi connectivity index (χ3n) is 3.53. The fraction of sp³-hybridized carbons (Fsp3) is 0.923. The molecule has 4 nitrogen and oxygen atoms in total. The van der Waals surface area contributed by atoms with Crippen molar-refractivity contribution in [2.24, 2.45) is 11.7 Å². The molecule has 0 bridgehead atoms. The maximum Gasteiger partial charge on any atom is 0.248 e. The summed E-state index contributed by atoms with van der Waals surface area (Å²) in [4.78, 5) is 13.9. The molecule has 0 aromatic heterocycles. The van der Waals surface area contributed by atoms with Crippen molar-refractivity contribution in [2.75, 3.05) is 19.7 Å². The molecule has 0 spiro atoms. The van der Waals surface area contributed by atoms with Gasteiger partial charge in [-0.1, -0.05) is 13.3 Å². The van der Waals surface area contributed by atoms with Gasteiger partial charge in [-0.3, -0.25) is 4.79 Å². The fourth-order valence-electron chi connectivity index (χ4n) is 2.38. The van der Waals surface area contributed by atoms with Crippen LogP contribution in [0.2, 0.25) is 0 Å². The molecule has 0 aromatic carbocycles. The van der Waals surface area contributed by atoms with Gasteiger partial charge in [0.1, 0.15) is 6.61 Å². The van der Waals surface area contributed by atoms with Crippen molar-refractivity contribution < 1.29 is 9.53 Å². The van der Waals surface area contributed by atoms with E-state index in [1.54, 1.807) is 0 Å². The van der Waals surface area contributed by atoms with Crippen molar-refractivity contribution in [3.63, 3.8) is 0 Å². The summed E-state index contributed by atoms with van der Waals surface area (Å²) in [6, 6.07) is 0.206. The lowest BCUT2D eigenvalue weighted by Crippen LogP contribution is -2.50. The van der Waals surface area contributed by atoms with Crippen LogP contribution in [0.4, 0.5) is 0 Å². The minimum atomic E-state index is 0.0868. The average Bonchev–Trinajstić information content (AvgIpc) is 2.34. The highest BCUT2D eigenvalue weighted by molar-refractivity contribution is 5.78. The Morgan fingerprint density at radius 3 is 2.76 bits per heavy atom. The number of nitrogens with zero attached hydrogens (tertiary/aromatic N) is 1. The van der Waals surface area contributed by atoms with Crippen LogP contribution in [-0.4, -0.2) is 42.6 Å². The van der Waals surface area contributed by atoms with Gasteiger partial charge in [-0.25, -0.2) is 0 Å². The zero-order valence-corrected chi connectivity index (χ0v) is 11.3. The van der Waals surface area contributed by atoms with Crippen LogP contribution in [-0.2, 0) is 9.53 Å². The maximum atomic E-state index is 12.0. The van der Waals surface area contributed by atoms with Crippen LogP contribution in [0.3, 0.4) is 0 Å². The number of carbonyl (C=O) groups is 1. The maximum absolute atomic E-state index is 12.0. The van der Waals surface area contributed by atoms with Gasteiger partial charge in [0, 0.05) is 19.1 Å². The van der Waals surface area contributed by atoms with Crippen LogP contribution in [0.25, 0.3) is 0 Å². The Labute approximate surface area is 104 Å². The van der Waals surface area contributed by atoms with E-state index in [4.69, 9.17) is 10.5 Å². The first-order valence-corrected chi connectivity index (χ1v) is 6.69. The van der Waals surface area contributed by atoms with Gasteiger partial charge in [0.2, 0.25) is 5.91 Å². The number of hydrogen-bond acceptors (Lipinski definition) is 3. The summed E-state index contributed by atoms with van der Waals surface area (Å²) in [5.41, 5.74) is 5.77. The van der Waals surface area contributed by atoms with E-state index in [9.17, 15) is 4.79 Å². The van der Waals surface area contributed by atoms with Crippen LogP contribution in [0.15, 0.2) is 0 Å². The zero-order chi connectivity index (χ0) is 12.8. The Hall–Kier alpha value is -0.610. The molecule has 1 aliphatic rings. The Balaban J connectivity index is 2.48. The molecule has 1 rings (SSSR count). The third-order valence-corrected chi connectivity index (χ3v) is 3.53. The van der Waals surface area contributed by atoms with Crippen LogP contribution in [0.1, 0.15) is 40.0 Å². The molecule has 100 valence electrons. The fourth-order valence-corrected chi connectivity index (χ4v) is 2.38. The summed E-state index contributed by atoms with van der Waals surface area (Å²) in [6.07, 6.45) is 3.42. The number of likely N-dealkylation sites (tertiary alicyclic amines) is 1. The number of ether oxygens (including phenoxy) is 1. The van der Waals surface area contributed by atoms with Crippen molar-refractivity contribution in [1.29, 1.82) is 0 Å². The highest BCUT2D eigenvalue weighted by atomic mass is 16.5. The largest absolute Gasteiger partial charge is 0.369 e. The third kappa shape index (κ3) is 4.28. The van der Waals surface area contributed by atoms with Crippen molar-refractivity contribution >= 4 is 5.91 Å². The number of hydrogen-bond donors (Lipinski definition) is 1. The van der Waals surface area contributed by atoms with E-state index >= 15 is 0 Å².